The molecule has 4 nitrogen and oxygen atoms in total. The Labute approximate surface area is 126 Å². The van der Waals surface area contributed by atoms with Crippen LogP contribution in [0.3, 0.4) is 0 Å². The number of nitrogen functional groups attached to an aromatic ring is 1. The van der Waals surface area contributed by atoms with Gasteiger partial charge in [0.05, 0.1) is 10.7 Å². The zero-order valence-electron chi connectivity index (χ0n) is 12.3. The number of hydrogen-bond acceptors (Lipinski definition) is 3. The van der Waals surface area contributed by atoms with E-state index in [1.54, 1.807) is 18.2 Å². The number of amides is 1. The van der Waals surface area contributed by atoms with Crippen LogP contribution < -0.4 is 11.1 Å². The third-order valence-corrected chi connectivity index (χ3v) is 3.49. The van der Waals surface area contributed by atoms with E-state index in [2.05, 4.69) is 17.1 Å². The van der Waals surface area contributed by atoms with Gasteiger partial charge in [-0.1, -0.05) is 31.4 Å². The molecule has 0 unspecified atom stereocenters. The molecule has 0 saturated carbocycles. The fraction of sp³-hybridized carbons (Fsp3) is 0.533. The number of hydrogen-bond donors (Lipinski definition) is 2. The maximum Gasteiger partial charge on any atom is 0.225 e. The van der Waals surface area contributed by atoms with E-state index in [1.807, 2.05) is 7.05 Å². The Morgan fingerprint density at radius 1 is 1.35 bits per heavy atom. The molecule has 112 valence electrons. The second kappa shape index (κ2) is 8.82. The van der Waals surface area contributed by atoms with Crippen molar-refractivity contribution in [3.05, 3.63) is 23.2 Å². The van der Waals surface area contributed by atoms with Crippen LogP contribution in [0.1, 0.15) is 32.6 Å². The van der Waals surface area contributed by atoms with Crippen molar-refractivity contribution in [2.45, 2.75) is 32.6 Å². The highest BCUT2D eigenvalue weighted by atomic mass is 35.5. The minimum atomic E-state index is -0.00550. The number of rotatable bonds is 8. The molecule has 0 aliphatic rings. The van der Waals surface area contributed by atoms with Gasteiger partial charge in [-0.2, -0.15) is 0 Å². The number of carbonyl (C=O) groups is 1. The summed E-state index contributed by atoms with van der Waals surface area (Å²) in [6.45, 7) is 3.99. The molecule has 20 heavy (non-hydrogen) atoms. The second-order valence-electron chi connectivity index (χ2n) is 5.04. The summed E-state index contributed by atoms with van der Waals surface area (Å²) in [4.78, 5) is 14.0. The zero-order chi connectivity index (χ0) is 15.0. The molecule has 0 radical (unpaired) electrons. The van der Waals surface area contributed by atoms with Gasteiger partial charge in [-0.25, -0.2) is 0 Å². The number of nitrogens with two attached hydrogens (primary N) is 1. The molecule has 0 aliphatic carbocycles. The first-order chi connectivity index (χ1) is 9.52. The van der Waals surface area contributed by atoms with E-state index < -0.39 is 0 Å². The standard InChI is InChI=1S/C15H24ClN3O/c1-3-4-5-9-19(2)10-8-15(20)18-12-6-7-13(16)14(17)11-12/h6-7,11H,3-5,8-10,17H2,1-2H3,(H,18,20). The lowest BCUT2D eigenvalue weighted by molar-refractivity contribution is -0.116. The third kappa shape index (κ3) is 6.26. The van der Waals surface area contributed by atoms with Crippen molar-refractivity contribution in [1.82, 2.24) is 4.90 Å². The van der Waals surface area contributed by atoms with Crippen LogP contribution in [-0.4, -0.2) is 30.9 Å². The van der Waals surface area contributed by atoms with Gasteiger partial charge in [-0.15, -0.1) is 0 Å². The largest absolute Gasteiger partial charge is 0.397 e. The summed E-state index contributed by atoms with van der Waals surface area (Å²) in [5, 5.41) is 3.33. The molecule has 0 aliphatic heterocycles. The smallest absolute Gasteiger partial charge is 0.225 e. The van der Waals surface area contributed by atoms with Crippen LogP contribution in [0.25, 0.3) is 0 Å². The van der Waals surface area contributed by atoms with Crippen molar-refractivity contribution in [1.29, 1.82) is 0 Å². The topological polar surface area (TPSA) is 58.4 Å². The average Bonchev–Trinajstić information content (AvgIpc) is 2.41. The molecule has 0 fully saturated rings. The van der Waals surface area contributed by atoms with Gasteiger partial charge in [-0.05, 0) is 38.2 Å². The Morgan fingerprint density at radius 2 is 2.10 bits per heavy atom. The van der Waals surface area contributed by atoms with Gasteiger partial charge < -0.3 is 16.0 Å². The summed E-state index contributed by atoms with van der Waals surface area (Å²) in [5.74, 6) is -0.00550. The Balaban J connectivity index is 2.30. The lowest BCUT2D eigenvalue weighted by Crippen LogP contribution is -2.25. The molecule has 0 bridgehead atoms. The van der Waals surface area contributed by atoms with Gasteiger partial charge in [0, 0.05) is 18.7 Å². The Morgan fingerprint density at radius 3 is 2.75 bits per heavy atom. The molecular formula is C15H24ClN3O. The molecule has 3 N–H and O–H groups in total. The number of benzene rings is 1. The Kier molecular flexibility index (Phi) is 7.41. The fourth-order valence-electron chi connectivity index (χ4n) is 1.88. The molecule has 0 saturated heterocycles. The molecular weight excluding hydrogens is 274 g/mol. The van der Waals surface area contributed by atoms with Crippen molar-refractivity contribution in [3.8, 4) is 0 Å². The first-order valence-electron chi connectivity index (χ1n) is 7.06. The third-order valence-electron chi connectivity index (χ3n) is 3.14. The van der Waals surface area contributed by atoms with Crippen molar-refractivity contribution in [2.24, 2.45) is 0 Å². The summed E-state index contributed by atoms with van der Waals surface area (Å²) in [6.07, 6.45) is 4.11. The summed E-state index contributed by atoms with van der Waals surface area (Å²) in [6, 6.07) is 5.11. The van der Waals surface area contributed by atoms with E-state index in [0.717, 1.165) is 13.1 Å². The van der Waals surface area contributed by atoms with Gasteiger partial charge in [0.15, 0.2) is 0 Å². The number of carbonyl (C=O) groups excluding carboxylic acids is 1. The molecule has 5 heteroatoms. The van der Waals surface area contributed by atoms with Gasteiger partial charge >= 0.3 is 0 Å². The van der Waals surface area contributed by atoms with Gasteiger partial charge in [0.2, 0.25) is 5.91 Å². The minimum Gasteiger partial charge on any atom is -0.397 e. The first-order valence-corrected chi connectivity index (χ1v) is 7.44. The summed E-state index contributed by atoms with van der Waals surface area (Å²) >= 11 is 5.84. The number of unbranched alkanes of at least 4 members (excludes halogenated alkanes) is 2. The number of nitrogens with one attached hydrogen (secondary N) is 1. The Bertz CT molecular complexity index is 437. The molecule has 1 aromatic rings. The van der Waals surface area contributed by atoms with Crippen LogP contribution in [0.2, 0.25) is 5.02 Å². The zero-order valence-corrected chi connectivity index (χ0v) is 13.0. The van der Waals surface area contributed by atoms with Crippen molar-refractivity contribution in [2.75, 3.05) is 31.2 Å². The van der Waals surface area contributed by atoms with E-state index in [9.17, 15) is 4.79 Å². The lowest BCUT2D eigenvalue weighted by Gasteiger charge is -2.16. The molecule has 0 heterocycles. The predicted octanol–water partition coefficient (Wildman–Crippen LogP) is 3.37. The van der Waals surface area contributed by atoms with E-state index >= 15 is 0 Å². The van der Waals surface area contributed by atoms with Crippen LogP contribution in [0, 0.1) is 0 Å². The number of nitrogens with zero attached hydrogens (tertiary/aromatic N) is 1. The average molecular weight is 298 g/mol. The second-order valence-corrected chi connectivity index (χ2v) is 5.45. The van der Waals surface area contributed by atoms with Crippen LogP contribution in [0.15, 0.2) is 18.2 Å². The molecule has 0 atom stereocenters. The Hall–Kier alpha value is -1.26. The molecule has 1 rings (SSSR count). The lowest BCUT2D eigenvalue weighted by atomic mass is 10.2. The molecule has 1 amide bonds. The summed E-state index contributed by atoms with van der Waals surface area (Å²) in [7, 11) is 2.04. The SMILES string of the molecule is CCCCCN(C)CCC(=O)Nc1ccc(Cl)c(N)c1. The first kappa shape index (κ1) is 16.8. The number of halogens is 1. The highest BCUT2D eigenvalue weighted by Gasteiger charge is 2.06. The summed E-state index contributed by atoms with van der Waals surface area (Å²) < 4.78 is 0. The van der Waals surface area contributed by atoms with Gasteiger partial charge in [-0.3, -0.25) is 4.79 Å². The normalized spacial score (nSPS) is 10.8. The van der Waals surface area contributed by atoms with Crippen molar-refractivity contribution < 1.29 is 4.79 Å². The van der Waals surface area contributed by atoms with E-state index in [-0.39, 0.29) is 5.91 Å². The van der Waals surface area contributed by atoms with Crippen molar-refractivity contribution >= 4 is 28.9 Å². The van der Waals surface area contributed by atoms with Crippen LogP contribution >= 0.6 is 11.6 Å². The van der Waals surface area contributed by atoms with Crippen molar-refractivity contribution in [3.63, 3.8) is 0 Å². The van der Waals surface area contributed by atoms with Gasteiger partial charge in [0.25, 0.3) is 0 Å². The highest BCUT2D eigenvalue weighted by Crippen LogP contribution is 2.22. The van der Waals surface area contributed by atoms with Gasteiger partial charge in [0.1, 0.15) is 0 Å². The van der Waals surface area contributed by atoms with E-state index in [1.165, 1.54) is 19.3 Å². The maximum absolute atomic E-state index is 11.8. The summed E-state index contributed by atoms with van der Waals surface area (Å²) in [5.41, 5.74) is 6.85. The van der Waals surface area contributed by atoms with Crippen LogP contribution in [-0.2, 0) is 4.79 Å². The van der Waals surface area contributed by atoms with E-state index in [4.69, 9.17) is 17.3 Å². The molecule has 0 aromatic heterocycles. The fourth-order valence-corrected chi connectivity index (χ4v) is 2.00. The molecule has 0 spiro atoms. The van der Waals surface area contributed by atoms with Crippen LogP contribution in [0.5, 0.6) is 0 Å². The minimum absolute atomic E-state index is 0.00550. The monoisotopic (exact) mass is 297 g/mol. The predicted molar refractivity (Wildman–Crippen MR) is 86.1 cm³/mol. The van der Waals surface area contributed by atoms with Crippen LogP contribution in [0.4, 0.5) is 11.4 Å². The maximum atomic E-state index is 11.8. The van der Waals surface area contributed by atoms with E-state index in [0.29, 0.717) is 22.8 Å². The quantitative estimate of drug-likeness (QED) is 0.571. The highest BCUT2D eigenvalue weighted by molar-refractivity contribution is 6.33. The molecule has 1 aromatic carbocycles. The number of anilines is 2.